The fraction of sp³-hybridized carbons (Fsp3) is 0.174. The summed E-state index contributed by atoms with van der Waals surface area (Å²) in [5.74, 6) is 1.27. The van der Waals surface area contributed by atoms with E-state index < -0.39 is 0 Å². The number of nitrogens with one attached hydrogen (secondary N) is 1. The number of hydrogen-bond acceptors (Lipinski definition) is 6. The van der Waals surface area contributed by atoms with Crippen LogP contribution < -0.4 is 0 Å². The Balaban J connectivity index is 1.34. The highest BCUT2D eigenvalue weighted by Gasteiger charge is 2.33. The Morgan fingerprint density at radius 2 is 2.03 bits per heavy atom. The molecule has 0 amide bonds. The molecule has 0 saturated carbocycles. The van der Waals surface area contributed by atoms with Gasteiger partial charge in [0.05, 0.1) is 23.8 Å². The molecule has 0 aliphatic carbocycles. The lowest BCUT2D eigenvalue weighted by atomic mass is 10.0. The third-order valence-corrected chi connectivity index (χ3v) is 6.53. The Bertz CT molecular complexity index is 1310. The van der Waals surface area contributed by atoms with Gasteiger partial charge in [-0.3, -0.25) is 4.90 Å². The maximum absolute atomic E-state index is 5.77. The lowest BCUT2D eigenvalue weighted by Crippen LogP contribution is -2.34. The van der Waals surface area contributed by atoms with Crippen LogP contribution in [0.4, 0.5) is 0 Å². The molecule has 148 valence electrons. The second-order valence-corrected chi connectivity index (χ2v) is 8.58. The molecule has 0 saturated heterocycles. The number of aromatic amines is 1. The number of hydrogen-bond donors (Lipinski definition) is 1. The molecule has 1 aliphatic heterocycles. The number of benzene rings is 2. The molecule has 30 heavy (non-hydrogen) atoms. The van der Waals surface area contributed by atoms with Gasteiger partial charge >= 0.3 is 0 Å². The summed E-state index contributed by atoms with van der Waals surface area (Å²) in [5, 5.41) is 8.78. The number of fused-ring (bicyclic) bond motifs is 2. The normalized spacial score (nSPS) is 16.7. The van der Waals surface area contributed by atoms with Crippen LogP contribution in [0.3, 0.4) is 0 Å². The molecule has 1 N–H and O–H groups in total. The summed E-state index contributed by atoms with van der Waals surface area (Å²) in [6, 6.07) is 18.8. The summed E-state index contributed by atoms with van der Waals surface area (Å²) in [7, 11) is 0. The molecule has 0 radical (unpaired) electrons. The van der Waals surface area contributed by atoms with Crippen LogP contribution in [0, 0.1) is 0 Å². The van der Waals surface area contributed by atoms with Gasteiger partial charge < -0.3 is 9.51 Å². The van der Waals surface area contributed by atoms with E-state index in [-0.39, 0.29) is 6.04 Å². The summed E-state index contributed by atoms with van der Waals surface area (Å²) in [6.45, 7) is 1.63. The van der Waals surface area contributed by atoms with E-state index in [4.69, 9.17) is 9.51 Å². The number of thiophene rings is 1. The van der Waals surface area contributed by atoms with Crippen molar-refractivity contribution in [3.63, 3.8) is 0 Å². The predicted octanol–water partition coefficient (Wildman–Crippen LogP) is 4.97. The Morgan fingerprint density at radius 3 is 2.93 bits per heavy atom. The smallest absolute Gasteiger partial charge is 0.244 e. The van der Waals surface area contributed by atoms with E-state index in [0.29, 0.717) is 11.7 Å². The molecular formula is C23H19N5OS. The lowest BCUT2D eigenvalue weighted by Gasteiger charge is -2.32. The molecule has 1 aliphatic rings. The summed E-state index contributed by atoms with van der Waals surface area (Å²) in [5.41, 5.74) is 3.20. The molecule has 1 atom stereocenters. The van der Waals surface area contributed by atoms with Crippen LogP contribution in [0.25, 0.3) is 22.2 Å². The first-order chi connectivity index (χ1) is 14.8. The van der Waals surface area contributed by atoms with Crippen molar-refractivity contribution < 1.29 is 4.52 Å². The minimum atomic E-state index is 0.00427. The Labute approximate surface area is 177 Å². The zero-order chi connectivity index (χ0) is 19.9. The van der Waals surface area contributed by atoms with Gasteiger partial charge in [-0.25, -0.2) is 4.98 Å². The van der Waals surface area contributed by atoms with Gasteiger partial charge in [0, 0.05) is 30.0 Å². The Kier molecular flexibility index (Phi) is 4.21. The fourth-order valence-corrected chi connectivity index (χ4v) is 4.85. The lowest BCUT2D eigenvalue weighted by molar-refractivity contribution is 0.129. The quantitative estimate of drug-likeness (QED) is 0.450. The largest absolute Gasteiger partial charge is 0.347 e. The maximum atomic E-state index is 5.77. The molecule has 6 rings (SSSR count). The van der Waals surface area contributed by atoms with E-state index in [2.05, 4.69) is 61.8 Å². The first-order valence-electron chi connectivity index (χ1n) is 9.94. The first-order valence-corrected chi connectivity index (χ1v) is 10.8. The van der Waals surface area contributed by atoms with Gasteiger partial charge in [0.1, 0.15) is 0 Å². The van der Waals surface area contributed by atoms with E-state index in [0.717, 1.165) is 36.5 Å². The monoisotopic (exact) mass is 413 g/mol. The molecule has 0 bridgehead atoms. The highest BCUT2D eigenvalue weighted by Crippen LogP contribution is 2.34. The number of imidazole rings is 1. The van der Waals surface area contributed by atoms with Crippen molar-refractivity contribution in [2.45, 2.75) is 25.6 Å². The van der Waals surface area contributed by atoms with Gasteiger partial charge in [0.25, 0.3) is 0 Å². The third kappa shape index (κ3) is 3.12. The van der Waals surface area contributed by atoms with Crippen LogP contribution in [0.5, 0.6) is 0 Å². The average molecular weight is 414 g/mol. The molecular weight excluding hydrogens is 394 g/mol. The number of aromatic nitrogens is 4. The molecule has 7 heteroatoms. The number of rotatable bonds is 4. The van der Waals surface area contributed by atoms with E-state index >= 15 is 0 Å². The average Bonchev–Trinajstić information content (AvgIpc) is 3.54. The van der Waals surface area contributed by atoms with Gasteiger partial charge in [0.15, 0.2) is 0 Å². The second kappa shape index (κ2) is 7.19. The maximum Gasteiger partial charge on any atom is 0.244 e. The molecule has 0 unspecified atom stereocenters. The van der Waals surface area contributed by atoms with Crippen molar-refractivity contribution in [2.24, 2.45) is 0 Å². The number of H-pyrrole nitrogens is 1. The van der Waals surface area contributed by atoms with Crippen LogP contribution in [0.15, 0.2) is 70.8 Å². The van der Waals surface area contributed by atoms with Crippen LogP contribution in [0.2, 0.25) is 0 Å². The van der Waals surface area contributed by atoms with Gasteiger partial charge in [-0.1, -0.05) is 47.6 Å². The van der Waals surface area contributed by atoms with E-state index in [1.54, 1.807) is 17.7 Å². The van der Waals surface area contributed by atoms with Gasteiger partial charge in [-0.2, -0.15) is 4.98 Å². The molecule has 0 spiro atoms. The summed E-state index contributed by atoms with van der Waals surface area (Å²) in [6.07, 6.45) is 2.52. The minimum Gasteiger partial charge on any atom is -0.347 e. The molecule has 2 aromatic carbocycles. The van der Waals surface area contributed by atoms with Gasteiger partial charge in [0.2, 0.25) is 11.7 Å². The summed E-state index contributed by atoms with van der Waals surface area (Å²) in [4.78, 5) is 16.3. The van der Waals surface area contributed by atoms with Crippen LogP contribution >= 0.6 is 11.3 Å². The van der Waals surface area contributed by atoms with E-state index in [1.165, 1.54) is 15.6 Å². The van der Waals surface area contributed by atoms with Crippen molar-refractivity contribution in [1.29, 1.82) is 0 Å². The number of nitrogens with zero attached hydrogens (tertiary/aromatic N) is 4. The minimum absolute atomic E-state index is 0.00427. The SMILES string of the molecule is c1csc(CN2Cc3[nH]cnc3C[C@H]2c2nc(-c3ccc4ccccc4c3)no2)c1. The topological polar surface area (TPSA) is 70.8 Å². The molecule has 6 nitrogen and oxygen atoms in total. The third-order valence-electron chi connectivity index (χ3n) is 5.67. The summed E-state index contributed by atoms with van der Waals surface area (Å²) < 4.78 is 5.77. The molecule has 0 fully saturated rings. The van der Waals surface area contributed by atoms with Gasteiger partial charge in [-0.15, -0.1) is 11.3 Å². The second-order valence-electron chi connectivity index (χ2n) is 7.55. The molecule has 5 aromatic rings. The van der Waals surface area contributed by atoms with Crippen LogP contribution in [-0.2, 0) is 19.5 Å². The fourth-order valence-electron chi connectivity index (χ4n) is 4.12. The van der Waals surface area contributed by atoms with Crippen LogP contribution in [-0.4, -0.2) is 25.0 Å². The zero-order valence-electron chi connectivity index (χ0n) is 16.2. The highest BCUT2D eigenvalue weighted by atomic mass is 32.1. The molecule has 4 heterocycles. The first kappa shape index (κ1) is 17.6. The van der Waals surface area contributed by atoms with Crippen molar-refractivity contribution >= 4 is 22.1 Å². The summed E-state index contributed by atoms with van der Waals surface area (Å²) >= 11 is 1.77. The van der Waals surface area contributed by atoms with Gasteiger partial charge in [-0.05, 0) is 28.3 Å². The van der Waals surface area contributed by atoms with Crippen molar-refractivity contribution in [3.05, 3.63) is 88.5 Å². The van der Waals surface area contributed by atoms with Crippen LogP contribution in [0.1, 0.15) is 28.2 Å². The Hall–Kier alpha value is -3.29. The standard InChI is InChI=1S/C23H19N5OS/c1-2-5-16-10-17(8-7-15(16)4-1)22-26-23(29-27-22)21-11-19-20(25-14-24-19)13-28(21)12-18-6-3-9-30-18/h1-10,14,21H,11-13H2,(H,24,25)/t21-/m0/s1. The van der Waals surface area contributed by atoms with E-state index in [1.807, 2.05) is 18.2 Å². The molecule has 3 aromatic heterocycles. The Morgan fingerprint density at radius 1 is 1.10 bits per heavy atom. The zero-order valence-corrected chi connectivity index (χ0v) is 17.0. The van der Waals surface area contributed by atoms with Crippen molar-refractivity contribution in [3.8, 4) is 11.4 Å². The van der Waals surface area contributed by atoms with Crippen molar-refractivity contribution in [2.75, 3.05) is 0 Å². The predicted molar refractivity (Wildman–Crippen MR) is 116 cm³/mol. The van der Waals surface area contributed by atoms with Crippen molar-refractivity contribution in [1.82, 2.24) is 25.0 Å². The van der Waals surface area contributed by atoms with E-state index in [9.17, 15) is 0 Å². The highest BCUT2D eigenvalue weighted by molar-refractivity contribution is 7.09.